The Morgan fingerprint density at radius 1 is 0.600 bits per heavy atom. The summed E-state index contributed by atoms with van der Waals surface area (Å²) in [7, 11) is 0. The molecule has 0 amide bonds. The summed E-state index contributed by atoms with van der Waals surface area (Å²) in [6.07, 6.45) is -5.17. The van der Waals surface area contributed by atoms with Gasteiger partial charge in [0.15, 0.2) is 0 Å². The molecule has 1 saturated heterocycles. The van der Waals surface area contributed by atoms with Crippen LogP contribution in [-0.2, 0) is 38.8 Å². The van der Waals surface area contributed by atoms with Gasteiger partial charge in [0.1, 0.15) is 36.6 Å². The van der Waals surface area contributed by atoms with Crippen molar-refractivity contribution in [1.29, 1.82) is 0 Å². The zero-order valence-electron chi connectivity index (χ0n) is 22.4. The second-order valence-electron chi connectivity index (χ2n) is 10.0. The first-order valence-corrected chi connectivity index (χ1v) is 13.7. The van der Waals surface area contributed by atoms with Crippen LogP contribution in [0.1, 0.15) is 28.4 Å². The number of aliphatic hydroxyl groups excluding tert-OH is 2. The fraction of sp³-hybridized carbons (Fsp3) is 0.294. The third-order valence-electron chi connectivity index (χ3n) is 7.11. The van der Waals surface area contributed by atoms with Gasteiger partial charge in [-0.3, -0.25) is 0 Å². The van der Waals surface area contributed by atoms with Gasteiger partial charge in [-0.05, 0) is 22.3 Å². The minimum Gasteiger partial charge on any atom is -0.387 e. The van der Waals surface area contributed by atoms with E-state index in [0.717, 1.165) is 16.7 Å². The largest absolute Gasteiger partial charge is 0.387 e. The molecule has 1 aliphatic rings. The predicted molar refractivity (Wildman–Crippen MR) is 152 cm³/mol. The highest BCUT2D eigenvalue weighted by Crippen LogP contribution is 2.34. The molecule has 6 atom stereocenters. The summed E-state index contributed by atoms with van der Waals surface area (Å²) in [4.78, 5) is 0. The first-order valence-electron chi connectivity index (χ1n) is 13.7. The number of ether oxygens (including phenoxy) is 4. The number of benzene rings is 4. The van der Waals surface area contributed by atoms with Crippen LogP contribution in [0.4, 0.5) is 0 Å². The maximum Gasteiger partial charge on any atom is 0.117 e. The van der Waals surface area contributed by atoms with E-state index in [9.17, 15) is 10.2 Å². The minimum atomic E-state index is -1.15. The van der Waals surface area contributed by atoms with Gasteiger partial charge in [-0.15, -0.1) is 0 Å². The molecule has 1 fully saturated rings. The minimum absolute atomic E-state index is 0.199. The number of rotatable bonds is 12. The van der Waals surface area contributed by atoms with E-state index in [4.69, 9.17) is 18.9 Å². The smallest absolute Gasteiger partial charge is 0.117 e. The van der Waals surface area contributed by atoms with Crippen molar-refractivity contribution in [3.8, 4) is 0 Å². The lowest BCUT2D eigenvalue weighted by Crippen LogP contribution is -2.61. The maximum absolute atomic E-state index is 11.6. The Labute approximate surface area is 235 Å². The topological polar surface area (TPSA) is 77.4 Å². The van der Waals surface area contributed by atoms with E-state index in [2.05, 4.69) is 0 Å². The molecular weight excluding hydrogens is 504 g/mol. The first-order chi connectivity index (χ1) is 19.7. The lowest BCUT2D eigenvalue weighted by atomic mass is 9.89. The van der Waals surface area contributed by atoms with Gasteiger partial charge in [-0.2, -0.15) is 0 Å². The Balaban J connectivity index is 1.40. The summed E-state index contributed by atoms with van der Waals surface area (Å²) in [6, 6.07) is 38.8. The lowest BCUT2D eigenvalue weighted by Gasteiger charge is -2.46. The van der Waals surface area contributed by atoms with Crippen LogP contribution in [0.5, 0.6) is 0 Å². The third-order valence-corrected chi connectivity index (χ3v) is 7.11. The third kappa shape index (κ3) is 7.43. The van der Waals surface area contributed by atoms with Crippen LogP contribution >= 0.6 is 0 Å². The van der Waals surface area contributed by atoms with E-state index in [1.807, 2.05) is 121 Å². The molecule has 40 heavy (non-hydrogen) atoms. The molecule has 5 rings (SSSR count). The average molecular weight is 541 g/mol. The van der Waals surface area contributed by atoms with E-state index < -0.39 is 36.6 Å². The van der Waals surface area contributed by atoms with Crippen molar-refractivity contribution >= 4 is 0 Å². The van der Waals surface area contributed by atoms with Crippen LogP contribution in [0.3, 0.4) is 0 Å². The fourth-order valence-corrected chi connectivity index (χ4v) is 4.98. The second kappa shape index (κ2) is 14.3. The zero-order chi connectivity index (χ0) is 27.6. The van der Waals surface area contributed by atoms with Gasteiger partial charge in [-0.1, -0.05) is 121 Å². The summed E-state index contributed by atoms with van der Waals surface area (Å²) in [5, 5.41) is 22.9. The Bertz CT molecular complexity index is 1250. The van der Waals surface area contributed by atoms with Crippen molar-refractivity contribution < 1.29 is 29.2 Å². The molecular formula is C34H36O6. The second-order valence-corrected chi connectivity index (χ2v) is 10.0. The molecule has 6 heteroatoms. The van der Waals surface area contributed by atoms with Gasteiger partial charge in [0, 0.05) is 0 Å². The van der Waals surface area contributed by atoms with Gasteiger partial charge in [0.2, 0.25) is 0 Å². The Hall–Kier alpha value is -3.36. The molecule has 0 aliphatic carbocycles. The van der Waals surface area contributed by atoms with Crippen LogP contribution in [0, 0.1) is 0 Å². The molecule has 2 N–H and O–H groups in total. The Kier molecular flexibility index (Phi) is 10.1. The molecule has 4 aromatic rings. The number of hydrogen-bond donors (Lipinski definition) is 2. The van der Waals surface area contributed by atoms with Gasteiger partial charge >= 0.3 is 0 Å². The Morgan fingerprint density at radius 3 is 1.57 bits per heavy atom. The maximum atomic E-state index is 11.6. The molecule has 0 saturated carbocycles. The normalized spacial score (nSPS) is 23.5. The van der Waals surface area contributed by atoms with Gasteiger partial charge in [-0.25, -0.2) is 0 Å². The van der Waals surface area contributed by atoms with Gasteiger partial charge < -0.3 is 29.2 Å². The van der Waals surface area contributed by atoms with Crippen molar-refractivity contribution in [1.82, 2.24) is 0 Å². The first kappa shape index (κ1) is 28.2. The summed E-state index contributed by atoms with van der Waals surface area (Å²) in [5.74, 6) is 0. The molecule has 208 valence electrons. The number of aliphatic hydroxyl groups is 2. The average Bonchev–Trinajstić information content (AvgIpc) is 3.02. The van der Waals surface area contributed by atoms with E-state index in [1.54, 1.807) is 0 Å². The molecule has 1 aliphatic heterocycles. The van der Waals surface area contributed by atoms with E-state index in [0.29, 0.717) is 18.8 Å². The van der Waals surface area contributed by atoms with Crippen molar-refractivity contribution in [3.05, 3.63) is 144 Å². The molecule has 0 spiro atoms. The summed E-state index contributed by atoms with van der Waals surface area (Å²) in [5.41, 5.74) is 3.66. The monoisotopic (exact) mass is 540 g/mol. The summed E-state index contributed by atoms with van der Waals surface area (Å²) < 4.78 is 25.3. The molecule has 0 radical (unpaired) electrons. The van der Waals surface area contributed by atoms with Crippen molar-refractivity contribution in [3.63, 3.8) is 0 Å². The van der Waals surface area contributed by atoms with E-state index >= 15 is 0 Å². The summed E-state index contributed by atoms with van der Waals surface area (Å²) >= 11 is 0. The van der Waals surface area contributed by atoms with Crippen molar-refractivity contribution in [2.75, 3.05) is 6.61 Å². The molecule has 0 aromatic heterocycles. The van der Waals surface area contributed by atoms with Crippen LogP contribution in [0.15, 0.2) is 121 Å². The molecule has 1 heterocycles. The molecule has 6 nitrogen and oxygen atoms in total. The lowest BCUT2D eigenvalue weighted by molar-refractivity contribution is -0.276. The van der Waals surface area contributed by atoms with Gasteiger partial charge in [0.25, 0.3) is 0 Å². The van der Waals surface area contributed by atoms with Gasteiger partial charge in [0.05, 0.1) is 26.4 Å². The quantitative estimate of drug-likeness (QED) is 0.256. The number of hydrogen-bond acceptors (Lipinski definition) is 6. The van der Waals surface area contributed by atoms with Crippen molar-refractivity contribution in [2.45, 2.75) is 56.4 Å². The van der Waals surface area contributed by atoms with Crippen LogP contribution in [0.2, 0.25) is 0 Å². The standard InChI is InChI=1S/C34H36O6/c35-30(28-19-11-4-12-20-28)33-31(36)34(39-23-27-17-9-3-10-18-27)32(38-22-26-15-7-2-8-16-26)29(40-33)24-37-21-25-13-5-1-6-14-25/h1-20,29-36H,21-24H2/t29-,30?,31+,32+,33-,34-/m1/s1. The Morgan fingerprint density at radius 2 is 1.05 bits per heavy atom. The van der Waals surface area contributed by atoms with Crippen LogP contribution < -0.4 is 0 Å². The van der Waals surface area contributed by atoms with Crippen LogP contribution in [0.25, 0.3) is 0 Å². The molecule has 1 unspecified atom stereocenters. The highest BCUT2D eigenvalue weighted by molar-refractivity contribution is 5.20. The highest BCUT2D eigenvalue weighted by Gasteiger charge is 2.49. The van der Waals surface area contributed by atoms with Crippen molar-refractivity contribution in [2.24, 2.45) is 0 Å². The molecule has 0 bridgehead atoms. The highest BCUT2D eigenvalue weighted by atomic mass is 16.6. The predicted octanol–water partition coefficient (Wildman–Crippen LogP) is 5.24. The fourth-order valence-electron chi connectivity index (χ4n) is 4.98. The summed E-state index contributed by atoms with van der Waals surface area (Å²) in [6.45, 7) is 1.19. The zero-order valence-corrected chi connectivity index (χ0v) is 22.4. The van der Waals surface area contributed by atoms with Crippen LogP contribution in [-0.4, -0.2) is 47.3 Å². The van der Waals surface area contributed by atoms with E-state index in [-0.39, 0.29) is 13.2 Å². The van der Waals surface area contributed by atoms with E-state index in [1.165, 1.54) is 0 Å². The SMILES string of the molecule is OC(c1ccccc1)[C@H]1O[C@H](COCc2ccccc2)[C@H](OCc2ccccc2)[C@H](OCc2ccccc2)[C@H]1O. The molecule has 4 aromatic carbocycles.